The first-order valence-corrected chi connectivity index (χ1v) is 12.1. The molecule has 0 aromatic rings. The van der Waals surface area contributed by atoms with Crippen LogP contribution >= 0.6 is 0 Å². The van der Waals surface area contributed by atoms with Gasteiger partial charge in [-0.05, 0) is 73.0 Å². The number of allylic oxidation sites excluding steroid dienone is 6. The van der Waals surface area contributed by atoms with Gasteiger partial charge in [-0.15, -0.1) is 0 Å². The monoisotopic (exact) mass is 394 g/mol. The molecular formula is C28H42O. The van der Waals surface area contributed by atoms with Crippen LogP contribution in [0.2, 0.25) is 0 Å². The van der Waals surface area contributed by atoms with E-state index in [-0.39, 0.29) is 11.5 Å². The Kier molecular flexibility index (Phi) is 5.52. The molecule has 2 saturated carbocycles. The molecule has 0 bridgehead atoms. The van der Waals surface area contributed by atoms with Crippen LogP contribution in [0.15, 0.2) is 47.6 Å². The third-order valence-corrected chi connectivity index (χ3v) is 9.58. The predicted molar refractivity (Wildman–Crippen MR) is 123 cm³/mol. The topological polar surface area (TPSA) is 20.2 Å². The molecule has 0 spiro atoms. The van der Waals surface area contributed by atoms with Crippen molar-refractivity contribution in [3.05, 3.63) is 47.6 Å². The summed E-state index contributed by atoms with van der Waals surface area (Å²) in [5.41, 5.74) is 3.73. The Bertz CT molecular complexity index is 752. The van der Waals surface area contributed by atoms with E-state index in [1.807, 2.05) is 6.08 Å². The zero-order chi connectivity index (χ0) is 21.0. The first-order valence-electron chi connectivity index (χ1n) is 12.1. The maximum atomic E-state index is 10.1. The van der Waals surface area contributed by atoms with Crippen molar-refractivity contribution in [2.75, 3.05) is 0 Å². The van der Waals surface area contributed by atoms with E-state index in [4.69, 9.17) is 0 Å². The van der Waals surface area contributed by atoms with Crippen molar-refractivity contribution >= 4 is 0 Å². The fraction of sp³-hybridized carbons (Fsp3) is 0.714. The molecule has 0 amide bonds. The van der Waals surface area contributed by atoms with Crippen LogP contribution in [0.25, 0.3) is 0 Å². The van der Waals surface area contributed by atoms with Crippen LogP contribution in [-0.4, -0.2) is 11.2 Å². The average molecular weight is 395 g/mol. The van der Waals surface area contributed by atoms with Crippen molar-refractivity contribution in [3.63, 3.8) is 0 Å². The van der Waals surface area contributed by atoms with Gasteiger partial charge in [-0.2, -0.15) is 0 Å². The van der Waals surface area contributed by atoms with Crippen LogP contribution < -0.4 is 0 Å². The van der Waals surface area contributed by atoms with E-state index in [9.17, 15) is 5.11 Å². The zero-order valence-electron chi connectivity index (χ0n) is 19.5. The molecule has 4 aliphatic rings. The fourth-order valence-corrected chi connectivity index (χ4v) is 7.20. The zero-order valence-corrected chi connectivity index (χ0v) is 19.5. The summed E-state index contributed by atoms with van der Waals surface area (Å²) in [7, 11) is 0. The van der Waals surface area contributed by atoms with Gasteiger partial charge in [0.2, 0.25) is 0 Å². The van der Waals surface area contributed by atoms with Gasteiger partial charge in [0.25, 0.3) is 0 Å². The highest BCUT2D eigenvalue weighted by atomic mass is 16.3. The number of fused-ring (bicyclic) bond motifs is 5. The van der Waals surface area contributed by atoms with Crippen LogP contribution in [0.4, 0.5) is 0 Å². The summed E-state index contributed by atoms with van der Waals surface area (Å²) in [6, 6.07) is 0. The van der Waals surface area contributed by atoms with Crippen molar-refractivity contribution < 1.29 is 5.11 Å². The van der Waals surface area contributed by atoms with E-state index in [1.54, 1.807) is 5.57 Å². The lowest BCUT2D eigenvalue weighted by Crippen LogP contribution is -2.45. The molecule has 0 unspecified atom stereocenters. The summed E-state index contributed by atoms with van der Waals surface area (Å²) in [5.74, 6) is 4.22. The summed E-state index contributed by atoms with van der Waals surface area (Å²) in [5, 5.41) is 10.1. The van der Waals surface area contributed by atoms with Crippen molar-refractivity contribution in [1.29, 1.82) is 0 Å². The third kappa shape index (κ3) is 3.42. The Morgan fingerprint density at radius 2 is 1.76 bits per heavy atom. The normalized spacial score (nSPS) is 43.4. The molecule has 4 aliphatic carbocycles. The Hall–Kier alpha value is -1.08. The molecule has 1 nitrogen and oxygen atoms in total. The standard InChI is InChI=1S/C28H42O/c1-18(2)19(3)7-8-20(4)24-11-12-25-23-10-9-21-17-22(29)13-15-27(21,5)26(23)14-16-28(24,25)6/h7-10,13,15,18-20,22,24-26,29H,11-12,14,16-17H2,1-6H3/b8-7+/t19-,20+,22+,24-,25-,26-,27-,28-/m1/s1. The molecule has 0 saturated heterocycles. The highest BCUT2D eigenvalue weighted by Gasteiger charge is 2.56. The lowest BCUT2D eigenvalue weighted by molar-refractivity contribution is 0.0713. The van der Waals surface area contributed by atoms with E-state index in [0.717, 1.165) is 24.2 Å². The van der Waals surface area contributed by atoms with Gasteiger partial charge in [0.1, 0.15) is 0 Å². The maximum Gasteiger partial charge on any atom is 0.0758 e. The largest absolute Gasteiger partial charge is 0.389 e. The summed E-state index contributed by atoms with van der Waals surface area (Å²) in [6.45, 7) is 14.5. The van der Waals surface area contributed by atoms with Gasteiger partial charge in [-0.25, -0.2) is 0 Å². The number of aliphatic hydroxyl groups is 1. The smallest absolute Gasteiger partial charge is 0.0758 e. The van der Waals surface area contributed by atoms with Gasteiger partial charge < -0.3 is 5.11 Å². The summed E-state index contributed by atoms with van der Waals surface area (Å²) in [4.78, 5) is 0. The van der Waals surface area contributed by atoms with E-state index >= 15 is 0 Å². The fourth-order valence-electron chi connectivity index (χ4n) is 7.20. The molecule has 29 heavy (non-hydrogen) atoms. The molecule has 0 aromatic heterocycles. The number of aliphatic hydroxyl groups excluding tert-OH is 1. The molecule has 8 atom stereocenters. The Morgan fingerprint density at radius 1 is 1.00 bits per heavy atom. The van der Waals surface area contributed by atoms with Crippen LogP contribution in [0.1, 0.15) is 73.6 Å². The second kappa shape index (κ2) is 7.56. The molecule has 0 aliphatic heterocycles. The molecule has 1 N–H and O–H groups in total. The number of hydrogen-bond donors (Lipinski definition) is 1. The second-order valence-corrected chi connectivity index (χ2v) is 11.5. The van der Waals surface area contributed by atoms with Gasteiger partial charge in [-0.1, -0.05) is 89.1 Å². The molecule has 0 heterocycles. The summed E-state index contributed by atoms with van der Waals surface area (Å²) >= 11 is 0. The number of rotatable bonds is 4. The quantitative estimate of drug-likeness (QED) is 0.504. The van der Waals surface area contributed by atoms with Crippen LogP contribution in [0.5, 0.6) is 0 Å². The van der Waals surface area contributed by atoms with Crippen LogP contribution in [0, 0.1) is 46.3 Å². The van der Waals surface area contributed by atoms with E-state index in [2.05, 4.69) is 71.9 Å². The van der Waals surface area contributed by atoms with Crippen molar-refractivity contribution in [1.82, 2.24) is 0 Å². The van der Waals surface area contributed by atoms with Gasteiger partial charge in [0.05, 0.1) is 6.10 Å². The Labute approximate surface area is 179 Å². The highest BCUT2D eigenvalue weighted by Crippen LogP contribution is 2.65. The number of hydrogen-bond acceptors (Lipinski definition) is 1. The maximum absolute atomic E-state index is 10.1. The molecule has 1 heteroatoms. The molecule has 160 valence electrons. The lowest BCUT2D eigenvalue weighted by atomic mass is 9.51. The minimum absolute atomic E-state index is 0.126. The second-order valence-electron chi connectivity index (χ2n) is 11.5. The van der Waals surface area contributed by atoms with Gasteiger partial charge in [0, 0.05) is 5.41 Å². The molecule has 4 rings (SSSR count). The minimum atomic E-state index is -0.296. The molecule has 0 aromatic carbocycles. The molecule has 2 fully saturated rings. The average Bonchev–Trinajstić information content (AvgIpc) is 3.03. The highest BCUT2D eigenvalue weighted by molar-refractivity contribution is 5.42. The summed E-state index contributed by atoms with van der Waals surface area (Å²) in [6.07, 6.45) is 20.1. The van der Waals surface area contributed by atoms with E-state index in [1.165, 1.54) is 31.3 Å². The Morgan fingerprint density at radius 3 is 2.48 bits per heavy atom. The Balaban J connectivity index is 1.58. The van der Waals surface area contributed by atoms with Crippen LogP contribution in [0.3, 0.4) is 0 Å². The van der Waals surface area contributed by atoms with Crippen molar-refractivity contribution in [3.8, 4) is 0 Å². The molecular weight excluding hydrogens is 352 g/mol. The SMILES string of the molecule is CC(C)[C@H](C)/C=C/[C@H](C)[C@H]1CC[C@@H]2C3=CC=C4C[C@@H](O)C=C[C@@]4(C)[C@@H]3CC[C@@]21C. The van der Waals surface area contributed by atoms with Gasteiger partial charge in [0.15, 0.2) is 0 Å². The first-order chi connectivity index (χ1) is 13.7. The predicted octanol–water partition coefficient (Wildman–Crippen LogP) is 7.11. The van der Waals surface area contributed by atoms with Crippen LogP contribution in [-0.2, 0) is 0 Å². The first kappa shape index (κ1) is 21.2. The van der Waals surface area contributed by atoms with Crippen molar-refractivity contribution in [2.24, 2.45) is 46.3 Å². The molecule has 0 radical (unpaired) electrons. The van der Waals surface area contributed by atoms with E-state index < -0.39 is 0 Å². The third-order valence-electron chi connectivity index (χ3n) is 9.58. The van der Waals surface area contributed by atoms with Gasteiger partial charge >= 0.3 is 0 Å². The van der Waals surface area contributed by atoms with Gasteiger partial charge in [-0.3, -0.25) is 0 Å². The van der Waals surface area contributed by atoms with E-state index in [0.29, 0.717) is 23.2 Å². The van der Waals surface area contributed by atoms with Crippen molar-refractivity contribution in [2.45, 2.75) is 79.8 Å². The summed E-state index contributed by atoms with van der Waals surface area (Å²) < 4.78 is 0. The lowest BCUT2D eigenvalue weighted by Gasteiger charge is -2.53. The minimum Gasteiger partial charge on any atom is -0.389 e.